The molecule has 1 N–H and O–H groups in total. The highest BCUT2D eigenvalue weighted by Gasteiger charge is 2.30. The van der Waals surface area contributed by atoms with Gasteiger partial charge in [0.05, 0.1) is 5.60 Å². The maximum atomic E-state index is 10.1. The van der Waals surface area contributed by atoms with Gasteiger partial charge in [0.25, 0.3) is 0 Å². The summed E-state index contributed by atoms with van der Waals surface area (Å²) in [5, 5.41) is 14.3. The van der Waals surface area contributed by atoms with Crippen LogP contribution in [0.15, 0.2) is 16.8 Å². The molecular weight excluding hydrogens is 200 g/mol. The summed E-state index contributed by atoms with van der Waals surface area (Å²) in [4.78, 5) is 0. The molecule has 1 aliphatic heterocycles. The molecule has 2 rings (SSSR count). The zero-order valence-corrected chi connectivity index (χ0v) is 9.16. The molecule has 1 fully saturated rings. The van der Waals surface area contributed by atoms with Gasteiger partial charge in [0.2, 0.25) is 0 Å². The van der Waals surface area contributed by atoms with Gasteiger partial charge in [-0.15, -0.1) is 0 Å². The molecule has 13 heavy (non-hydrogen) atoms. The molecule has 0 bridgehead atoms. The van der Waals surface area contributed by atoms with Gasteiger partial charge in [-0.1, -0.05) is 0 Å². The van der Waals surface area contributed by atoms with Gasteiger partial charge in [0, 0.05) is 5.75 Å². The first-order valence-electron chi connectivity index (χ1n) is 4.60. The zero-order chi connectivity index (χ0) is 9.15. The Kier molecular flexibility index (Phi) is 2.96. The molecule has 1 unspecified atom stereocenters. The lowest BCUT2D eigenvalue weighted by atomic mass is 9.95. The SMILES string of the molecule is OC1(CCc2ccsc2)CCSC1. The van der Waals surface area contributed by atoms with Gasteiger partial charge in [-0.25, -0.2) is 0 Å². The number of aryl methyl sites for hydroxylation is 1. The summed E-state index contributed by atoms with van der Waals surface area (Å²) in [7, 11) is 0. The normalized spacial score (nSPS) is 28.1. The summed E-state index contributed by atoms with van der Waals surface area (Å²) in [6.07, 6.45) is 2.93. The predicted molar refractivity (Wildman–Crippen MR) is 59.5 cm³/mol. The largest absolute Gasteiger partial charge is 0.389 e. The highest BCUT2D eigenvalue weighted by Crippen LogP contribution is 2.31. The van der Waals surface area contributed by atoms with Crippen LogP contribution in [-0.2, 0) is 6.42 Å². The van der Waals surface area contributed by atoms with Crippen molar-refractivity contribution in [2.45, 2.75) is 24.9 Å². The monoisotopic (exact) mass is 214 g/mol. The Hall–Kier alpha value is 0.01000. The maximum Gasteiger partial charge on any atom is 0.0748 e. The van der Waals surface area contributed by atoms with Crippen molar-refractivity contribution in [3.63, 3.8) is 0 Å². The van der Waals surface area contributed by atoms with Crippen LogP contribution >= 0.6 is 23.1 Å². The van der Waals surface area contributed by atoms with E-state index in [-0.39, 0.29) is 5.60 Å². The van der Waals surface area contributed by atoms with Gasteiger partial charge >= 0.3 is 0 Å². The van der Waals surface area contributed by atoms with E-state index in [1.807, 2.05) is 11.8 Å². The summed E-state index contributed by atoms with van der Waals surface area (Å²) in [5.74, 6) is 2.05. The van der Waals surface area contributed by atoms with Crippen molar-refractivity contribution < 1.29 is 5.11 Å². The Morgan fingerprint density at radius 1 is 1.54 bits per heavy atom. The summed E-state index contributed by atoms with van der Waals surface area (Å²) < 4.78 is 0. The van der Waals surface area contributed by atoms with Crippen molar-refractivity contribution in [2.24, 2.45) is 0 Å². The number of hydrogen-bond acceptors (Lipinski definition) is 3. The summed E-state index contributed by atoms with van der Waals surface area (Å²) in [6, 6.07) is 2.15. The average molecular weight is 214 g/mol. The fourth-order valence-corrected chi connectivity index (χ4v) is 3.65. The van der Waals surface area contributed by atoms with Crippen LogP contribution in [0.3, 0.4) is 0 Å². The number of rotatable bonds is 3. The first-order valence-corrected chi connectivity index (χ1v) is 6.69. The third kappa shape index (κ3) is 2.48. The molecule has 1 atom stereocenters. The molecule has 1 saturated heterocycles. The fourth-order valence-electron chi connectivity index (χ4n) is 1.61. The summed E-state index contributed by atoms with van der Waals surface area (Å²) >= 11 is 3.60. The molecule has 0 spiro atoms. The maximum absolute atomic E-state index is 10.1. The highest BCUT2D eigenvalue weighted by atomic mass is 32.2. The Balaban J connectivity index is 1.85. The second-order valence-corrected chi connectivity index (χ2v) is 5.54. The molecule has 2 heterocycles. The molecule has 0 aromatic carbocycles. The van der Waals surface area contributed by atoms with E-state index >= 15 is 0 Å². The van der Waals surface area contributed by atoms with Gasteiger partial charge in [-0.3, -0.25) is 0 Å². The minimum Gasteiger partial charge on any atom is -0.389 e. The highest BCUT2D eigenvalue weighted by molar-refractivity contribution is 7.99. The van der Waals surface area contributed by atoms with E-state index in [1.54, 1.807) is 11.3 Å². The molecule has 0 saturated carbocycles. The number of hydrogen-bond donors (Lipinski definition) is 1. The third-order valence-corrected chi connectivity index (χ3v) is 4.51. The van der Waals surface area contributed by atoms with Gasteiger partial charge < -0.3 is 5.11 Å². The number of thiophene rings is 1. The van der Waals surface area contributed by atoms with Crippen LogP contribution in [-0.4, -0.2) is 22.2 Å². The molecule has 0 amide bonds. The van der Waals surface area contributed by atoms with Crippen LogP contribution < -0.4 is 0 Å². The van der Waals surface area contributed by atoms with E-state index in [4.69, 9.17) is 0 Å². The summed E-state index contributed by atoms with van der Waals surface area (Å²) in [6.45, 7) is 0. The van der Waals surface area contributed by atoms with Crippen molar-refractivity contribution in [3.8, 4) is 0 Å². The van der Waals surface area contributed by atoms with Crippen LogP contribution in [0, 0.1) is 0 Å². The van der Waals surface area contributed by atoms with E-state index in [9.17, 15) is 5.11 Å². The lowest BCUT2D eigenvalue weighted by Gasteiger charge is -2.20. The lowest BCUT2D eigenvalue weighted by Crippen LogP contribution is -2.28. The molecule has 1 aromatic heterocycles. The van der Waals surface area contributed by atoms with E-state index in [0.29, 0.717) is 0 Å². The van der Waals surface area contributed by atoms with Crippen LogP contribution in [0.1, 0.15) is 18.4 Å². The fraction of sp³-hybridized carbons (Fsp3) is 0.600. The number of thioether (sulfide) groups is 1. The molecule has 3 heteroatoms. The van der Waals surface area contributed by atoms with Crippen LogP contribution in [0.5, 0.6) is 0 Å². The van der Waals surface area contributed by atoms with Gasteiger partial charge in [-0.2, -0.15) is 23.1 Å². The Bertz CT molecular complexity index is 250. The first-order chi connectivity index (χ1) is 6.29. The first kappa shape index (κ1) is 9.56. The quantitative estimate of drug-likeness (QED) is 0.834. The molecule has 1 nitrogen and oxygen atoms in total. The van der Waals surface area contributed by atoms with Crippen molar-refractivity contribution in [1.82, 2.24) is 0 Å². The third-order valence-electron chi connectivity index (χ3n) is 2.54. The Morgan fingerprint density at radius 2 is 2.46 bits per heavy atom. The van der Waals surface area contributed by atoms with E-state index in [1.165, 1.54) is 5.56 Å². The van der Waals surface area contributed by atoms with E-state index in [2.05, 4.69) is 16.8 Å². The van der Waals surface area contributed by atoms with Crippen LogP contribution in [0.25, 0.3) is 0 Å². The van der Waals surface area contributed by atoms with Crippen LogP contribution in [0.4, 0.5) is 0 Å². The Labute approximate surface area is 87.2 Å². The second-order valence-electron chi connectivity index (χ2n) is 3.66. The second kappa shape index (κ2) is 4.03. The number of aliphatic hydroxyl groups is 1. The molecule has 1 aliphatic rings. The molecule has 0 aliphatic carbocycles. The van der Waals surface area contributed by atoms with Crippen molar-refractivity contribution in [3.05, 3.63) is 22.4 Å². The standard InChI is InChI=1S/C10H14OS2/c11-10(4-6-13-8-10)3-1-9-2-5-12-7-9/h2,5,7,11H,1,3-4,6,8H2. The minimum absolute atomic E-state index is 0.368. The molecule has 0 radical (unpaired) electrons. The predicted octanol–water partition coefficient (Wildman–Crippen LogP) is 2.55. The van der Waals surface area contributed by atoms with Gasteiger partial charge in [0.15, 0.2) is 0 Å². The topological polar surface area (TPSA) is 20.2 Å². The van der Waals surface area contributed by atoms with Gasteiger partial charge in [0.1, 0.15) is 0 Å². The lowest BCUT2D eigenvalue weighted by molar-refractivity contribution is 0.0593. The van der Waals surface area contributed by atoms with Gasteiger partial charge in [-0.05, 0) is 47.4 Å². The zero-order valence-electron chi connectivity index (χ0n) is 7.53. The van der Waals surface area contributed by atoms with Crippen LogP contribution in [0.2, 0.25) is 0 Å². The van der Waals surface area contributed by atoms with Crippen molar-refractivity contribution in [1.29, 1.82) is 0 Å². The average Bonchev–Trinajstić information content (AvgIpc) is 2.72. The molecule has 72 valence electrons. The molecule has 1 aromatic rings. The van der Waals surface area contributed by atoms with E-state index in [0.717, 1.165) is 30.8 Å². The molecular formula is C10H14OS2. The minimum atomic E-state index is -0.368. The smallest absolute Gasteiger partial charge is 0.0748 e. The van der Waals surface area contributed by atoms with Crippen molar-refractivity contribution >= 4 is 23.1 Å². The summed E-state index contributed by atoms with van der Waals surface area (Å²) in [5.41, 5.74) is 1.00. The van der Waals surface area contributed by atoms with E-state index < -0.39 is 0 Å². The van der Waals surface area contributed by atoms with Crippen molar-refractivity contribution in [2.75, 3.05) is 11.5 Å². The Morgan fingerprint density at radius 3 is 3.08 bits per heavy atom.